The molecule has 1 atom stereocenters. The molecule has 0 aromatic heterocycles. The third-order valence-electron chi connectivity index (χ3n) is 4.42. The van der Waals surface area contributed by atoms with Crippen molar-refractivity contribution in [2.45, 2.75) is 59.0 Å². The summed E-state index contributed by atoms with van der Waals surface area (Å²) >= 11 is 0. The lowest BCUT2D eigenvalue weighted by atomic mass is 9.34. The summed E-state index contributed by atoms with van der Waals surface area (Å²) in [6, 6.07) is 8.07. The quantitative estimate of drug-likeness (QED) is 0.556. The van der Waals surface area contributed by atoms with E-state index in [4.69, 9.17) is 0 Å². The molecule has 1 aromatic carbocycles. The Labute approximate surface area is 117 Å². The van der Waals surface area contributed by atoms with Gasteiger partial charge in [0.2, 0.25) is 0 Å². The molecule has 1 fully saturated rings. The third-order valence-corrected chi connectivity index (χ3v) is 4.42. The highest BCUT2D eigenvalue weighted by molar-refractivity contribution is 6.66. The van der Waals surface area contributed by atoms with Crippen LogP contribution in [-0.2, 0) is 0 Å². The molecule has 1 aromatic rings. The molecule has 1 aliphatic heterocycles. The number of hydrogen-bond acceptors (Lipinski definition) is 1. The topological polar surface area (TPSA) is 17.1 Å². The van der Waals surface area contributed by atoms with Gasteiger partial charge in [0, 0.05) is 11.4 Å². The highest BCUT2D eigenvalue weighted by Gasteiger charge is 2.41. The second-order valence-corrected chi connectivity index (χ2v) is 7.12. The van der Waals surface area contributed by atoms with E-state index >= 15 is 0 Å². The highest BCUT2D eigenvalue weighted by atomic mass is 16.1. The molecule has 0 saturated carbocycles. The van der Waals surface area contributed by atoms with Crippen molar-refractivity contribution < 1.29 is 4.79 Å². The van der Waals surface area contributed by atoms with Crippen LogP contribution in [-0.4, -0.2) is 12.5 Å². The van der Waals surface area contributed by atoms with E-state index in [9.17, 15) is 4.79 Å². The van der Waals surface area contributed by atoms with Gasteiger partial charge in [-0.15, -0.1) is 0 Å². The summed E-state index contributed by atoms with van der Waals surface area (Å²) in [5.41, 5.74) is 2.15. The number of carbonyl (C=O) groups is 1. The average molecular weight is 256 g/mol. The van der Waals surface area contributed by atoms with Crippen molar-refractivity contribution in [2.75, 3.05) is 0 Å². The van der Waals surface area contributed by atoms with E-state index in [-0.39, 0.29) is 11.2 Å². The second kappa shape index (κ2) is 5.52. The number of carbonyl (C=O) groups excluding carboxylic acids is 1. The minimum absolute atomic E-state index is 0.0526. The molecule has 1 nitrogen and oxygen atoms in total. The van der Waals surface area contributed by atoms with E-state index < -0.39 is 0 Å². The molecule has 1 heterocycles. The molecule has 2 rings (SSSR count). The number of hydrogen-bond donors (Lipinski definition) is 0. The normalized spacial score (nSPS) is 17.6. The number of ketones is 1. The fourth-order valence-corrected chi connectivity index (χ4v) is 3.50. The van der Waals surface area contributed by atoms with Crippen molar-refractivity contribution in [2.24, 2.45) is 5.41 Å². The Morgan fingerprint density at radius 1 is 1.11 bits per heavy atom. The van der Waals surface area contributed by atoms with Gasteiger partial charge < -0.3 is 0 Å². The molecule has 0 bridgehead atoms. The van der Waals surface area contributed by atoms with E-state index in [1.807, 2.05) is 24.3 Å². The van der Waals surface area contributed by atoms with E-state index in [2.05, 4.69) is 27.7 Å². The predicted molar refractivity (Wildman–Crippen MR) is 83.3 cm³/mol. The first-order chi connectivity index (χ1) is 8.89. The Hall–Kier alpha value is -1.05. The van der Waals surface area contributed by atoms with Crippen LogP contribution in [0.2, 0.25) is 18.5 Å². The van der Waals surface area contributed by atoms with Gasteiger partial charge in [-0.05, 0) is 12.3 Å². The Balaban J connectivity index is 2.27. The van der Waals surface area contributed by atoms with Gasteiger partial charge in [0.15, 0.2) is 12.5 Å². The van der Waals surface area contributed by atoms with Crippen LogP contribution < -0.4 is 0 Å². The second-order valence-electron chi connectivity index (χ2n) is 7.12. The van der Waals surface area contributed by atoms with Crippen molar-refractivity contribution in [1.82, 2.24) is 0 Å². The van der Waals surface area contributed by atoms with Crippen LogP contribution in [0, 0.1) is 12.3 Å². The van der Waals surface area contributed by atoms with Gasteiger partial charge in [0.05, 0.1) is 0 Å². The van der Waals surface area contributed by atoms with Crippen molar-refractivity contribution >= 4 is 12.5 Å². The smallest absolute Gasteiger partial charge is 0.159 e. The Morgan fingerprint density at radius 3 is 2.11 bits per heavy atom. The lowest BCUT2D eigenvalue weighted by Gasteiger charge is -2.33. The Morgan fingerprint density at radius 2 is 1.63 bits per heavy atom. The summed E-state index contributed by atoms with van der Waals surface area (Å²) in [4.78, 5) is 12.9. The number of benzene rings is 1. The van der Waals surface area contributed by atoms with Gasteiger partial charge in [0.1, 0.15) is 0 Å². The molecule has 0 aliphatic carbocycles. The molecule has 2 heteroatoms. The molecule has 19 heavy (non-hydrogen) atoms. The van der Waals surface area contributed by atoms with Gasteiger partial charge in [-0.3, -0.25) is 4.79 Å². The maximum absolute atomic E-state index is 12.9. The summed E-state index contributed by atoms with van der Waals surface area (Å²) in [6.07, 6.45) is 5.02. The lowest BCUT2D eigenvalue weighted by molar-refractivity contribution is 0.0937. The van der Waals surface area contributed by atoms with Crippen molar-refractivity contribution in [3.05, 3.63) is 35.4 Å². The minimum atomic E-state index is 0.0526. The first kappa shape index (κ1) is 14.4. The standard InChI is InChI=1S/C17H25BO/c1-13-7-9-14(10-8-13)15(19)16(17(2,3)4)18-11-5-6-12-18/h7-10,16H,5-6,11-12H2,1-4H3. The fourth-order valence-electron chi connectivity index (χ4n) is 3.50. The fraction of sp³-hybridized carbons (Fsp3) is 0.588. The molecular formula is C17H25BO. The Bertz CT molecular complexity index is 435. The van der Waals surface area contributed by atoms with Crippen molar-refractivity contribution in [3.63, 3.8) is 0 Å². The van der Waals surface area contributed by atoms with Crippen LogP contribution >= 0.6 is 0 Å². The van der Waals surface area contributed by atoms with Gasteiger partial charge in [0.25, 0.3) is 0 Å². The van der Waals surface area contributed by atoms with E-state index in [1.165, 1.54) is 31.0 Å². The SMILES string of the molecule is Cc1ccc(C(=O)C(B2CCCC2)C(C)(C)C)cc1. The van der Waals surface area contributed by atoms with Crippen LogP contribution in [0.3, 0.4) is 0 Å². The van der Waals surface area contributed by atoms with Gasteiger partial charge in [-0.1, -0.05) is 76.1 Å². The molecule has 0 amide bonds. The van der Waals surface area contributed by atoms with Crippen molar-refractivity contribution in [1.29, 1.82) is 0 Å². The largest absolute Gasteiger partial charge is 0.295 e. The zero-order valence-corrected chi connectivity index (χ0v) is 12.7. The first-order valence-corrected chi connectivity index (χ1v) is 7.50. The highest BCUT2D eigenvalue weighted by Crippen LogP contribution is 2.42. The summed E-state index contributed by atoms with van der Waals surface area (Å²) in [5, 5.41) is 0. The van der Waals surface area contributed by atoms with Crippen LogP contribution in [0.5, 0.6) is 0 Å². The van der Waals surface area contributed by atoms with Gasteiger partial charge in [-0.25, -0.2) is 0 Å². The summed E-state index contributed by atoms with van der Waals surface area (Å²) in [7, 11) is 0. The summed E-state index contributed by atoms with van der Waals surface area (Å²) < 4.78 is 0. The van der Waals surface area contributed by atoms with Gasteiger partial charge in [-0.2, -0.15) is 0 Å². The number of rotatable bonds is 3. The maximum atomic E-state index is 12.9. The molecule has 1 saturated heterocycles. The molecular weight excluding hydrogens is 231 g/mol. The molecule has 0 radical (unpaired) electrons. The lowest BCUT2D eigenvalue weighted by Crippen LogP contribution is -2.34. The van der Waals surface area contributed by atoms with Crippen LogP contribution in [0.1, 0.15) is 49.5 Å². The summed E-state index contributed by atoms with van der Waals surface area (Å²) in [6.45, 7) is 9.27. The number of aryl methyl sites for hydroxylation is 1. The minimum Gasteiger partial charge on any atom is -0.295 e. The molecule has 102 valence electrons. The van der Waals surface area contributed by atoms with Crippen molar-refractivity contribution in [3.8, 4) is 0 Å². The third kappa shape index (κ3) is 3.29. The average Bonchev–Trinajstić information content (AvgIpc) is 2.81. The monoisotopic (exact) mass is 256 g/mol. The van der Waals surface area contributed by atoms with E-state index in [0.29, 0.717) is 12.5 Å². The van der Waals surface area contributed by atoms with Crippen LogP contribution in [0.4, 0.5) is 0 Å². The van der Waals surface area contributed by atoms with Crippen LogP contribution in [0.25, 0.3) is 0 Å². The Kier molecular flexibility index (Phi) is 4.18. The van der Waals surface area contributed by atoms with Gasteiger partial charge >= 0.3 is 0 Å². The van der Waals surface area contributed by atoms with E-state index in [0.717, 1.165) is 5.56 Å². The molecule has 0 N–H and O–H groups in total. The number of Topliss-reactive ketones (excluding diaryl/α,β-unsaturated/α-hetero) is 1. The zero-order valence-electron chi connectivity index (χ0n) is 12.7. The summed E-state index contributed by atoms with van der Waals surface area (Å²) in [5.74, 6) is 0.511. The predicted octanol–water partition coefficient (Wildman–Crippen LogP) is 4.88. The first-order valence-electron chi connectivity index (χ1n) is 7.50. The van der Waals surface area contributed by atoms with Crippen LogP contribution in [0.15, 0.2) is 24.3 Å². The molecule has 1 aliphatic rings. The molecule has 1 unspecified atom stereocenters. The molecule has 0 spiro atoms. The zero-order chi connectivity index (χ0) is 14.0. The van der Waals surface area contributed by atoms with E-state index in [1.54, 1.807) is 0 Å². The maximum Gasteiger partial charge on any atom is 0.159 e.